The molecule has 4 rings (SSSR count). The van der Waals surface area contributed by atoms with E-state index in [0.717, 1.165) is 0 Å². The molecule has 208 valence electrons. The maximum Gasteiger partial charge on any atom is 0.459 e. The zero-order chi connectivity index (χ0) is 28.4. The number of hydrogen-bond donors (Lipinski definition) is 2. The van der Waals surface area contributed by atoms with Gasteiger partial charge >= 0.3 is 13.7 Å². The summed E-state index contributed by atoms with van der Waals surface area (Å²) >= 11 is 6.10. The number of aliphatic hydroxyl groups excluding tert-OH is 1. The molecule has 14 heteroatoms. The molecular weight excluding hydrogens is 554 g/mol. The van der Waals surface area contributed by atoms with Crippen molar-refractivity contribution >= 4 is 36.4 Å². The number of alkyl halides is 1. The average molecular weight is 581 g/mol. The molecule has 3 aromatic rings. The maximum atomic E-state index is 16.0. The van der Waals surface area contributed by atoms with Gasteiger partial charge in [0, 0.05) is 6.20 Å². The molecule has 11 nitrogen and oxygen atoms in total. The quantitative estimate of drug-likeness (QED) is 0.158. The average Bonchev–Trinajstić information content (AvgIpc) is 3.43. The Labute approximate surface area is 229 Å². The first-order valence-corrected chi connectivity index (χ1v) is 13.8. The molecule has 39 heavy (non-hydrogen) atoms. The zero-order valence-electron chi connectivity index (χ0n) is 21.2. The van der Waals surface area contributed by atoms with Crippen molar-refractivity contribution in [1.29, 1.82) is 0 Å². The number of hydrogen-bond acceptors (Lipinski definition) is 9. The van der Waals surface area contributed by atoms with E-state index in [9.17, 15) is 14.5 Å². The second kappa shape index (κ2) is 11.6. The van der Waals surface area contributed by atoms with Gasteiger partial charge in [-0.25, -0.2) is 18.9 Å². The van der Waals surface area contributed by atoms with Gasteiger partial charge < -0.3 is 23.7 Å². The van der Waals surface area contributed by atoms with Crippen molar-refractivity contribution in [2.24, 2.45) is 0 Å². The lowest BCUT2D eigenvalue weighted by atomic mass is 9.97. The highest BCUT2D eigenvalue weighted by Gasteiger charge is 2.58. The van der Waals surface area contributed by atoms with Gasteiger partial charge in [-0.05, 0) is 39.0 Å². The Morgan fingerprint density at radius 1 is 1.33 bits per heavy atom. The second-order valence-corrected chi connectivity index (χ2v) is 11.1. The first kappa shape index (κ1) is 29.0. The van der Waals surface area contributed by atoms with Crippen molar-refractivity contribution < 1.29 is 37.4 Å². The predicted octanol–water partition coefficient (Wildman–Crippen LogP) is 3.82. The summed E-state index contributed by atoms with van der Waals surface area (Å²) in [5, 5.41) is 13.9. The Morgan fingerprint density at radius 2 is 2.05 bits per heavy atom. The minimum absolute atomic E-state index is 0.137. The number of rotatable bonds is 10. The Kier molecular flexibility index (Phi) is 8.61. The van der Waals surface area contributed by atoms with E-state index < -0.39 is 56.6 Å². The van der Waals surface area contributed by atoms with Gasteiger partial charge in [0.05, 0.1) is 18.1 Å². The lowest BCUT2D eigenvalue weighted by Crippen LogP contribution is -2.42. The van der Waals surface area contributed by atoms with Crippen molar-refractivity contribution in [2.45, 2.75) is 57.0 Å². The molecule has 3 heterocycles. The van der Waals surface area contributed by atoms with Crippen LogP contribution in [0.1, 0.15) is 27.0 Å². The van der Waals surface area contributed by atoms with E-state index in [2.05, 4.69) is 15.1 Å². The second-order valence-electron chi connectivity index (χ2n) is 9.04. The third-order valence-electron chi connectivity index (χ3n) is 5.81. The third kappa shape index (κ3) is 6.09. The molecule has 0 amide bonds. The first-order valence-electron chi connectivity index (χ1n) is 11.9. The van der Waals surface area contributed by atoms with Crippen molar-refractivity contribution in [2.75, 3.05) is 6.61 Å². The van der Waals surface area contributed by atoms with Gasteiger partial charge in [-0.2, -0.15) is 5.09 Å². The highest BCUT2D eigenvalue weighted by atomic mass is 35.5. The minimum atomic E-state index is -4.31. The van der Waals surface area contributed by atoms with Gasteiger partial charge in [0.25, 0.3) is 0 Å². The van der Waals surface area contributed by atoms with E-state index >= 15 is 4.39 Å². The maximum absolute atomic E-state index is 16.0. The van der Waals surface area contributed by atoms with E-state index in [4.69, 9.17) is 36.5 Å². The molecule has 0 saturated carbocycles. The minimum Gasteiger partial charge on any atom is -0.462 e. The number of para-hydroxylation sites is 1. The Hall–Kier alpha value is -3.04. The summed E-state index contributed by atoms with van der Waals surface area (Å²) in [6.07, 6.45) is 2.91. The van der Waals surface area contributed by atoms with E-state index in [0.29, 0.717) is 5.39 Å². The molecule has 1 aromatic carbocycles. The Balaban J connectivity index is 1.57. The van der Waals surface area contributed by atoms with Crippen LogP contribution in [-0.2, 0) is 23.4 Å². The van der Waals surface area contributed by atoms with Crippen LogP contribution < -0.4 is 9.61 Å². The van der Waals surface area contributed by atoms with Crippen LogP contribution in [0.15, 0.2) is 48.9 Å². The van der Waals surface area contributed by atoms with Gasteiger partial charge in [-0.1, -0.05) is 35.7 Å². The third-order valence-corrected chi connectivity index (χ3v) is 7.76. The molecule has 0 radical (unpaired) electrons. The van der Waals surface area contributed by atoms with Gasteiger partial charge in [0.2, 0.25) is 5.67 Å². The highest BCUT2D eigenvalue weighted by Crippen LogP contribution is 2.48. The summed E-state index contributed by atoms with van der Waals surface area (Å²) in [6, 6.07) is 8.52. The molecule has 1 unspecified atom stereocenters. The summed E-state index contributed by atoms with van der Waals surface area (Å²) < 4.78 is 53.1. The van der Waals surface area contributed by atoms with E-state index in [1.54, 1.807) is 38.1 Å². The Bertz CT molecular complexity index is 1420. The van der Waals surface area contributed by atoms with E-state index in [1.165, 1.54) is 36.1 Å². The number of nitrogens with one attached hydrogen (secondary N) is 1. The molecule has 1 aliphatic heterocycles. The van der Waals surface area contributed by atoms with Crippen molar-refractivity contribution in [1.82, 2.24) is 19.6 Å². The molecule has 2 aromatic heterocycles. The van der Waals surface area contributed by atoms with E-state index in [-0.39, 0.29) is 16.5 Å². The van der Waals surface area contributed by atoms with Crippen molar-refractivity contribution in [3.8, 4) is 18.1 Å². The molecule has 0 spiro atoms. The molecule has 2 N–H and O–H groups in total. The number of esters is 1. The normalized spacial score (nSPS) is 25.2. The highest BCUT2D eigenvalue weighted by molar-refractivity contribution is 7.52. The molecular formula is C25H27ClFN4O7P. The number of carbonyl (C=O) groups is 1. The zero-order valence-corrected chi connectivity index (χ0v) is 22.9. The van der Waals surface area contributed by atoms with Crippen LogP contribution in [0.25, 0.3) is 11.0 Å². The molecule has 6 atom stereocenters. The topological polar surface area (TPSA) is 134 Å². The summed E-state index contributed by atoms with van der Waals surface area (Å²) in [5.74, 6) is 1.44. The van der Waals surface area contributed by atoms with Gasteiger partial charge in [-0.3, -0.25) is 9.32 Å². The smallest absolute Gasteiger partial charge is 0.459 e. The van der Waals surface area contributed by atoms with Gasteiger partial charge in [0.15, 0.2) is 6.23 Å². The van der Waals surface area contributed by atoms with Gasteiger partial charge in [0.1, 0.15) is 41.1 Å². The van der Waals surface area contributed by atoms with Crippen LogP contribution in [0.5, 0.6) is 5.75 Å². The van der Waals surface area contributed by atoms with Crippen LogP contribution >= 0.6 is 19.3 Å². The van der Waals surface area contributed by atoms with Crippen LogP contribution in [0, 0.1) is 12.3 Å². The molecule has 1 aliphatic rings. The lowest BCUT2D eigenvalue weighted by Gasteiger charge is -2.25. The number of aliphatic hydroxyl groups is 1. The van der Waals surface area contributed by atoms with Gasteiger partial charge in [-0.15, -0.1) is 6.42 Å². The SMILES string of the molecule is C#C[C@@]1(F)[C@H](O)[C@@H](COP(=O)(N[C@H](C)C(=O)OC(C)C)Oc2ccccc2)O[C@H]1n1ccc2c(Cl)ncnc21. The lowest BCUT2D eigenvalue weighted by molar-refractivity contribution is -0.149. The predicted molar refractivity (Wildman–Crippen MR) is 140 cm³/mol. The summed E-state index contributed by atoms with van der Waals surface area (Å²) in [4.78, 5) is 20.4. The fraction of sp³-hybridized carbons (Fsp3) is 0.400. The molecule has 1 fully saturated rings. The van der Waals surface area contributed by atoms with E-state index in [1.807, 2.05) is 5.92 Å². The summed E-state index contributed by atoms with van der Waals surface area (Å²) in [7, 11) is -4.31. The van der Waals surface area contributed by atoms with Crippen molar-refractivity contribution in [3.05, 3.63) is 54.1 Å². The van der Waals surface area contributed by atoms with Crippen LogP contribution in [-0.4, -0.2) is 62.2 Å². The number of benzene rings is 1. The number of terminal acetylenes is 1. The number of ether oxygens (including phenoxy) is 2. The van der Waals surface area contributed by atoms with Crippen molar-refractivity contribution in [3.63, 3.8) is 0 Å². The number of aromatic nitrogens is 3. The molecule has 0 aliphatic carbocycles. The number of fused-ring (bicyclic) bond motifs is 1. The van der Waals surface area contributed by atoms with Crippen LogP contribution in [0.3, 0.4) is 0 Å². The monoisotopic (exact) mass is 580 g/mol. The molecule has 1 saturated heterocycles. The first-order chi connectivity index (χ1) is 18.5. The fourth-order valence-corrected chi connectivity index (χ4v) is 5.64. The number of halogens is 2. The summed E-state index contributed by atoms with van der Waals surface area (Å²) in [5.41, 5.74) is -2.49. The van der Waals surface area contributed by atoms with Crippen LogP contribution in [0.4, 0.5) is 4.39 Å². The standard InChI is InChI=1S/C25H27ClFN4O7P/c1-5-25(27)20(32)19(37-24(25)31-12-11-18-21(26)28-14-29-22(18)31)13-35-39(34,38-17-9-7-6-8-10-17)30-16(4)23(33)36-15(2)3/h1,6-12,14-16,19-20,24,32H,13H2,2-4H3,(H,30,34)/t16-,19-,20-,24-,25-,39?/m1/s1. The largest absolute Gasteiger partial charge is 0.462 e. The Morgan fingerprint density at radius 3 is 2.72 bits per heavy atom. The number of carbonyl (C=O) groups excluding carboxylic acids is 1. The number of nitrogens with zero attached hydrogens (tertiary/aromatic N) is 3. The molecule has 0 bridgehead atoms. The summed E-state index contributed by atoms with van der Waals surface area (Å²) in [6.45, 7) is 4.13. The van der Waals surface area contributed by atoms with Crippen LogP contribution in [0.2, 0.25) is 5.15 Å². The fourth-order valence-electron chi connectivity index (χ4n) is 3.95.